The van der Waals surface area contributed by atoms with Gasteiger partial charge in [0, 0.05) is 30.5 Å². The van der Waals surface area contributed by atoms with Crippen molar-refractivity contribution in [3.63, 3.8) is 0 Å². The monoisotopic (exact) mass is 590 g/mol. The van der Waals surface area contributed by atoms with Crippen molar-refractivity contribution in [3.8, 4) is 0 Å². The summed E-state index contributed by atoms with van der Waals surface area (Å²) in [6.45, 7) is 5.86. The Hall–Kier alpha value is -4.34. The first-order chi connectivity index (χ1) is 20.5. The fourth-order valence-electron chi connectivity index (χ4n) is 5.35. The molecule has 3 amide bonds. The Balaban J connectivity index is 1.39. The quantitative estimate of drug-likeness (QED) is 0.221. The normalized spacial score (nSPS) is 17.2. The van der Waals surface area contributed by atoms with E-state index in [-0.39, 0.29) is 43.4 Å². The molecular weight excluding hydrogens is 548 g/mol. The van der Waals surface area contributed by atoms with E-state index in [4.69, 9.17) is 9.47 Å². The number of alkyl carbamates (subject to hydrolysis) is 1. The van der Waals surface area contributed by atoms with Crippen LogP contribution in [0.3, 0.4) is 0 Å². The second-order valence-corrected chi connectivity index (χ2v) is 12.0. The molecule has 1 fully saturated rings. The number of rotatable bonds is 11. The third-order valence-corrected chi connectivity index (χ3v) is 7.51. The van der Waals surface area contributed by atoms with Gasteiger partial charge in [0.2, 0.25) is 5.91 Å². The lowest BCUT2D eigenvalue weighted by Crippen LogP contribution is -2.52. The van der Waals surface area contributed by atoms with Crippen LogP contribution < -0.4 is 16.0 Å². The van der Waals surface area contributed by atoms with Crippen LogP contribution in [0.2, 0.25) is 0 Å². The number of para-hydroxylation sites is 1. The minimum atomic E-state index is -0.882. The average molecular weight is 591 g/mol. The first kappa shape index (κ1) is 31.6. The van der Waals surface area contributed by atoms with Crippen molar-refractivity contribution in [2.45, 2.75) is 77.2 Å². The second kappa shape index (κ2) is 14.2. The number of aryl methyl sites for hydroxylation is 1. The zero-order chi connectivity index (χ0) is 31.0. The summed E-state index contributed by atoms with van der Waals surface area (Å²) in [6, 6.07) is 17.5. The van der Waals surface area contributed by atoms with E-state index >= 15 is 0 Å². The summed E-state index contributed by atoms with van der Waals surface area (Å²) >= 11 is 0. The Kier molecular flexibility index (Phi) is 10.4. The third kappa shape index (κ3) is 8.83. The predicted molar refractivity (Wildman–Crippen MR) is 163 cm³/mol. The Morgan fingerprint density at radius 1 is 1.00 bits per heavy atom. The summed E-state index contributed by atoms with van der Waals surface area (Å²) in [6.07, 6.45) is 2.18. The number of hydrogen-bond donors (Lipinski definition) is 3. The molecule has 4 rings (SSSR count). The van der Waals surface area contributed by atoms with Crippen LogP contribution in [0.1, 0.15) is 68.9 Å². The molecule has 0 radical (unpaired) electrons. The minimum absolute atomic E-state index is 0.152. The first-order valence-electron chi connectivity index (χ1n) is 14.8. The number of carbonyl (C=O) groups excluding carboxylic acids is 4. The minimum Gasteiger partial charge on any atom is -0.460 e. The predicted octanol–water partition coefficient (Wildman–Crippen LogP) is 4.61. The largest absolute Gasteiger partial charge is 0.460 e. The van der Waals surface area contributed by atoms with E-state index in [0.717, 1.165) is 22.9 Å². The summed E-state index contributed by atoms with van der Waals surface area (Å²) in [5, 5.41) is 9.52. The van der Waals surface area contributed by atoms with E-state index in [1.54, 1.807) is 17.7 Å². The Labute approximate surface area is 252 Å². The molecule has 1 saturated carbocycles. The maximum Gasteiger partial charge on any atom is 0.407 e. The molecule has 0 saturated heterocycles. The van der Waals surface area contributed by atoms with Crippen molar-refractivity contribution >= 4 is 34.8 Å². The number of carbonyl (C=O) groups is 4. The number of fused-ring (bicyclic) bond motifs is 1. The zero-order valence-electron chi connectivity index (χ0n) is 25.4. The lowest BCUT2D eigenvalue weighted by atomic mass is 10.0. The Morgan fingerprint density at radius 2 is 1.72 bits per heavy atom. The number of hydrogen-bond acceptors (Lipinski definition) is 6. The van der Waals surface area contributed by atoms with Crippen molar-refractivity contribution in [1.82, 2.24) is 20.5 Å². The van der Waals surface area contributed by atoms with Gasteiger partial charge in [0.05, 0.1) is 5.92 Å². The molecule has 0 spiro atoms. The van der Waals surface area contributed by atoms with Crippen LogP contribution in [0.25, 0.3) is 10.9 Å². The number of ether oxygens (including phenoxy) is 2. The molecule has 1 aliphatic carbocycles. The molecule has 1 heterocycles. The maximum atomic E-state index is 13.6. The number of nitrogens with zero attached hydrogens (tertiary/aromatic N) is 1. The van der Waals surface area contributed by atoms with E-state index in [9.17, 15) is 19.2 Å². The number of esters is 1. The van der Waals surface area contributed by atoms with E-state index in [1.807, 2.05) is 75.4 Å². The summed E-state index contributed by atoms with van der Waals surface area (Å²) in [5.74, 6) is -1.54. The van der Waals surface area contributed by atoms with Gasteiger partial charge in [-0.05, 0) is 64.2 Å². The SMILES string of the molecule is Cn1c(C(=O)N[C@@H](CCCNC(=O)OCc2ccccc2)C(=O)N[C@H]2CCC[C@H]2C(=O)OC(C)(C)C)cc2ccccc21. The maximum absolute atomic E-state index is 13.6. The molecule has 0 unspecified atom stereocenters. The van der Waals surface area contributed by atoms with Gasteiger partial charge < -0.3 is 30.0 Å². The van der Waals surface area contributed by atoms with Crippen LogP contribution in [-0.4, -0.2) is 52.7 Å². The van der Waals surface area contributed by atoms with Gasteiger partial charge >= 0.3 is 12.1 Å². The molecule has 0 bridgehead atoms. The van der Waals surface area contributed by atoms with Gasteiger partial charge in [0.1, 0.15) is 23.9 Å². The van der Waals surface area contributed by atoms with Gasteiger partial charge in [-0.25, -0.2) is 4.79 Å². The van der Waals surface area contributed by atoms with Gasteiger partial charge in [-0.1, -0.05) is 55.0 Å². The molecular formula is C33H42N4O6. The van der Waals surface area contributed by atoms with Gasteiger partial charge in [-0.3, -0.25) is 14.4 Å². The highest BCUT2D eigenvalue weighted by Crippen LogP contribution is 2.28. The van der Waals surface area contributed by atoms with Crippen LogP contribution >= 0.6 is 0 Å². The third-order valence-electron chi connectivity index (χ3n) is 7.51. The molecule has 3 atom stereocenters. The second-order valence-electron chi connectivity index (χ2n) is 12.0. The highest BCUT2D eigenvalue weighted by atomic mass is 16.6. The van der Waals surface area contributed by atoms with E-state index in [2.05, 4.69) is 16.0 Å². The van der Waals surface area contributed by atoms with Crippen LogP contribution in [0.5, 0.6) is 0 Å². The van der Waals surface area contributed by atoms with E-state index < -0.39 is 23.7 Å². The standard InChI is InChI=1S/C33H42N4O6/c1-33(2,3)43-31(40)24-15-10-16-25(24)35-29(38)26(17-11-19-34-32(41)42-21-22-12-6-5-7-13-22)36-30(39)28-20-23-14-8-9-18-27(23)37(28)4/h5-9,12-14,18,20,24-26H,10-11,15-17,19,21H2,1-4H3,(H,34,41)(H,35,38)(H,36,39)/t24-,25+,26+/m1/s1. The number of aromatic nitrogens is 1. The van der Waals surface area contributed by atoms with Crippen LogP contribution in [-0.2, 0) is 32.7 Å². The first-order valence-corrected chi connectivity index (χ1v) is 14.8. The van der Waals surface area contributed by atoms with Crippen molar-refractivity contribution in [2.24, 2.45) is 13.0 Å². The Morgan fingerprint density at radius 3 is 2.44 bits per heavy atom. The smallest absolute Gasteiger partial charge is 0.407 e. The van der Waals surface area contributed by atoms with E-state index in [1.165, 1.54) is 0 Å². The van der Waals surface area contributed by atoms with Crippen molar-refractivity contribution in [2.75, 3.05) is 6.54 Å². The molecule has 1 aliphatic rings. The highest BCUT2D eigenvalue weighted by molar-refractivity contribution is 6.00. The fourth-order valence-corrected chi connectivity index (χ4v) is 5.35. The summed E-state index contributed by atoms with van der Waals surface area (Å²) in [4.78, 5) is 52.0. The molecule has 3 aromatic rings. The van der Waals surface area contributed by atoms with Gasteiger partial charge in [0.15, 0.2) is 0 Å². The average Bonchev–Trinajstić information content (AvgIpc) is 3.57. The van der Waals surface area contributed by atoms with Crippen LogP contribution in [0, 0.1) is 5.92 Å². The molecule has 10 nitrogen and oxygen atoms in total. The molecule has 230 valence electrons. The van der Waals surface area contributed by atoms with Crippen molar-refractivity contribution < 1.29 is 28.7 Å². The number of amides is 3. The molecule has 3 N–H and O–H groups in total. The number of nitrogens with one attached hydrogen (secondary N) is 3. The van der Waals surface area contributed by atoms with Gasteiger partial charge in [-0.2, -0.15) is 0 Å². The molecule has 10 heteroatoms. The van der Waals surface area contributed by atoms with Crippen LogP contribution in [0.15, 0.2) is 60.7 Å². The summed E-state index contributed by atoms with van der Waals surface area (Å²) in [5.41, 5.74) is 1.58. The van der Waals surface area contributed by atoms with Gasteiger partial charge in [0.25, 0.3) is 5.91 Å². The molecule has 1 aromatic heterocycles. The Bertz CT molecular complexity index is 1430. The van der Waals surface area contributed by atoms with Gasteiger partial charge in [-0.15, -0.1) is 0 Å². The number of benzene rings is 2. The topological polar surface area (TPSA) is 128 Å². The lowest BCUT2D eigenvalue weighted by molar-refractivity contribution is -0.160. The lowest BCUT2D eigenvalue weighted by Gasteiger charge is -2.27. The fraction of sp³-hybridized carbons (Fsp3) is 0.455. The summed E-state index contributed by atoms with van der Waals surface area (Å²) < 4.78 is 12.6. The van der Waals surface area contributed by atoms with Crippen molar-refractivity contribution in [1.29, 1.82) is 0 Å². The zero-order valence-corrected chi connectivity index (χ0v) is 25.4. The molecule has 43 heavy (non-hydrogen) atoms. The highest BCUT2D eigenvalue weighted by Gasteiger charge is 2.38. The van der Waals surface area contributed by atoms with E-state index in [0.29, 0.717) is 25.0 Å². The molecule has 0 aliphatic heterocycles. The van der Waals surface area contributed by atoms with Crippen molar-refractivity contribution in [3.05, 3.63) is 71.9 Å². The summed E-state index contributed by atoms with van der Waals surface area (Å²) in [7, 11) is 1.81. The van der Waals surface area contributed by atoms with Crippen LogP contribution in [0.4, 0.5) is 4.79 Å². The molecule has 2 aromatic carbocycles.